The van der Waals surface area contributed by atoms with Crippen LogP contribution in [0.2, 0.25) is 0 Å². The number of methoxy groups -OCH3 is 1. The van der Waals surface area contributed by atoms with Gasteiger partial charge in [0.25, 0.3) is 0 Å². The fourth-order valence-corrected chi connectivity index (χ4v) is 5.57. The zero-order chi connectivity index (χ0) is 34.6. The fourth-order valence-electron chi connectivity index (χ4n) is 4.79. The fraction of sp³-hybridized carbons (Fsp3) is 0.294. The predicted molar refractivity (Wildman–Crippen MR) is 185 cm³/mol. The summed E-state index contributed by atoms with van der Waals surface area (Å²) in [7, 11) is 1.27. The van der Waals surface area contributed by atoms with E-state index in [9.17, 15) is 20.0 Å². The molecule has 4 N–H and O–H groups in total. The number of aliphatic hydroxyl groups excluding tert-OH is 1. The summed E-state index contributed by atoms with van der Waals surface area (Å²) < 4.78 is 29.2. The van der Waals surface area contributed by atoms with Crippen molar-refractivity contribution in [1.82, 2.24) is 16.1 Å². The van der Waals surface area contributed by atoms with Gasteiger partial charge in [-0.25, -0.2) is 9.59 Å². The number of aliphatic hydroxyl groups is 1. The summed E-state index contributed by atoms with van der Waals surface area (Å²) in [6, 6.07) is 16.8. The van der Waals surface area contributed by atoms with E-state index in [-0.39, 0.29) is 18.8 Å². The molecule has 252 valence electrons. The first-order chi connectivity index (χ1) is 23.2. The molecule has 0 spiro atoms. The van der Waals surface area contributed by atoms with Crippen LogP contribution in [-0.2, 0) is 16.1 Å². The van der Waals surface area contributed by atoms with Crippen molar-refractivity contribution in [3.05, 3.63) is 91.7 Å². The van der Waals surface area contributed by atoms with Gasteiger partial charge in [-0.3, -0.25) is 5.43 Å². The van der Waals surface area contributed by atoms with E-state index in [1.165, 1.54) is 13.3 Å². The monoisotopic (exact) mass is 769 g/mol. The number of nitrogens with zero attached hydrogens (tertiary/aromatic N) is 2. The van der Waals surface area contributed by atoms with Crippen LogP contribution in [0.3, 0.4) is 0 Å². The third kappa shape index (κ3) is 9.07. The molecule has 14 heteroatoms. The van der Waals surface area contributed by atoms with Gasteiger partial charge in [-0.15, -0.1) is 0 Å². The molecule has 3 aromatic rings. The Morgan fingerprint density at radius 1 is 1.08 bits per heavy atom. The molecular weight excluding hydrogens is 733 g/mol. The summed E-state index contributed by atoms with van der Waals surface area (Å²) >= 11 is 2.15. The molecule has 1 heterocycles. The van der Waals surface area contributed by atoms with Crippen LogP contribution in [0.5, 0.6) is 23.0 Å². The summed E-state index contributed by atoms with van der Waals surface area (Å²) in [6.07, 6.45) is 0.356. The predicted octanol–water partition coefficient (Wildman–Crippen LogP) is 4.66. The Balaban J connectivity index is 1.41. The van der Waals surface area contributed by atoms with Crippen LogP contribution in [0, 0.1) is 14.9 Å². The smallest absolute Gasteiger partial charge is 0.337 e. The Morgan fingerprint density at radius 3 is 2.56 bits per heavy atom. The lowest BCUT2D eigenvalue weighted by Gasteiger charge is -2.28. The van der Waals surface area contributed by atoms with Crippen molar-refractivity contribution >= 4 is 40.8 Å². The SMILES string of the molecule is CCOc1cc([C@@H]2NC(=O)NC(C)=C2C(=O)OC)ccc1OC[C@H](O)N/N=C\c1cc(I)c(OCc2ccccc2C#N)c(OCC)c1. The molecule has 4 rings (SSSR count). The molecule has 0 fully saturated rings. The number of allylic oxidation sites excluding steroid dienone is 1. The van der Waals surface area contributed by atoms with E-state index in [0.29, 0.717) is 58.6 Å². The summed E-state index contributed by atoms with van der Waals surface area (Å²) in [5.74, 6) is 1.19. The van der Waals surface area contributed by atoms with Crippen LogP contribution in [-0.4, -0.2) is 56.5 Å². The van der Waals surface area contributed by atoms with Gasteiger partial charge in [-0.1, -0.05) is 24.3 Å². The van der Waals surface area contributed by atoms with E-state index in [4.69, 9.17) is 23.7 Å². The normalized spacial score (nSPS) is 14.8. The van der Waals surface area contributed by atoms with Crippen molar-refractivity contribution in [2.24, 2.45) is 5.10 Å². The van der Waals surface area contributed by atoms with Crippen LogP contribution < -0.4 is 35.0 Å². The number of nitrogens with one attached hydrogen (secondary N) is 3. The maximum absolute atomic E-state index is 12.5. The van der Waals surface area contributed by atoms with Crippen LogP contribution in [0.4, 0.5) is 4.79 Å². The summed E-state index contributed by atoms with van der Waals surface area (Å²) in [6.45, 7) is 6.06. The number of carbonyl (C=O) groups excluding carboxylic acids is 2. The highest BCUT2D eigenvalue weighted by Crippen LogP contribution is 2.36. The maximum Gasteiger partial charge on any atom is 0.337 e. The molecule has 0 unspecified atom stereocenters. The molecule has 13 nitrogen and oxygen atoms in total. The molecule has 2 amide bonds. The van der Waals surface area contributed by atoms with Gasteiger partial charge in [0, 0.05) is 11.3 Å². The van der Waals surface area contributed by atoms with Gasteiger partial charge in [-0.05, 0) is 84.8 Å². The highest BCUT2D eigenvalue weighted by molar-refractivity contribution is 14.1. The number of hydrazone groups is 1. The number of urea groups is 1. The van der Waals surface area contributed by atoms with Gasteiger partial charge in [0.15, 0.2) is 29.2 Å². The van der Waals surface area contributed by atoms with Gasteiger partial charge in [0.2, 0.25) is 0 Å². The van der Waals surface area contributed by atoms with Crippen molar-refractivity contribution in [2.75, 3.05) is 26.9 Å². The highest BCUT2D eigenvalue weighted by atomic mass is 127. The molecule has 0 aliphatic carbocycles. The van der Waals surface area contributed by atoms with Crippen molar-refractivity contribution in [2.45, 2.75) is 39.6 Å². The Kier molecular flexibility index (Phi) is 12.9. The van der Waals surface area contributed by atoms with Crippen molar-refractivity contribution in [3.63, 3.8) is 0 Å². The topological polar surface area (TPSA) is 173 Å². The number of amides is 2. The number of halogens is 1. The number of carbonyl (C=O) groups is 2. The number of benzene rings is 3. The average Bonchev–Trinajstić information content (AvgIpc) is 3.07. The minimum Gasteiger partial charge on any atom is -0.490 e. The van der Waals surface area contributed by atoms with Gasteiger partial charge < -0.3 is 39.4 Å². The van der Waals surface area contributed by atoms with Gasteiger partial charge >= 0.3 is 12.0 Å². The van der Waals surface area contributed by atoms with Crippen molar-refractivity contribution in [3.8, 4) is 29.1 Å². The molecule has 0 radical (unpaired) electrons. The Bertz CT molecular complexity index is 1740. The lowest BCUT2D eigenvalue weighted by molar-refractivity contribution is -0.136. The second-order valence-corrected chi connectivity index (χ2v) is 11.4. The van der Waals surface area contributed by atoms with Crippen LogP contribution in [0.25, 0.3) is 0 Å². The van der Waals surface area contributed by atoms with E-state index in [0.717, 1.165) is 9.13 Å². The quantitative estimate of drug-likeness (QED) is 0.0560. The van der Waals surface area contributed by atoms with Gasteiger partial charge in [0.1, 0.15) is 13.2 Å². The average molecular weight is 770 g/mol. The van der Waals surface area contributed by atoms with Crippen molar-refractivity contribution < 1.29 is 38.4 Å². The zero-order valence-corrected chi connectivity index (χ0v) is 29.0. The molecule has 0 bridgehead atoms. The second-order valence-electron chi connectivity index (χ2n) is 10.2. The van der Waals surface area contributed by atoms with Crippen LogP contribution in [0.1, 0.15) is 49.1 Å². The molecule has 48 heavy (non-hydrogen) atoms. The Morgan fingerprint density at radius 2 is 1.83 bits per heavy atom. The Hall–Kier alpha value is -5.01. The number of rotatable bonds is 15. The van der Waals surface area contributed by atoms with Gasteiger partial charge in [0.05, 0.1) is 53.4 Å². The number of ether oxygens (including phenoxy) is 5. The summed E-state index contributed by atoms with van der Waals surface area (Å²) in [4.78, 5) is 24.7. The first-order valence-electron chi connectivity index (χ1n) is 15.0. The molecule has 0 saturated heterocycles. The third-order valence-corrected chi connectivity index (χ3v) is 7.75. The minimum atomic E-state index is -1.18. The lowest BCUT2D eigenvalue weighted by Crippen LogP contribution is -2.45. The zero-order valence-electron chi connectivity index (χ0n) is 26.8. The molecule has 0 aromatic heterocycles. The first kappa shape index (κ1) is 35.8. The van der Waals surface area contributed by atoms with E-state index in [1.807, 2.05) is 32.0 Å². The van der Waals surface area contributed by atoms with Crippen LogP contribution in [0.15, 0.2) is 71.0 Å². The molecular formula is C34H36IN5O8. The van der Waals surface area contributed by atoms with Crippen molar-refractivity contribution in [1.29, 1.82) is 5.26 Å². The second kappa shape index (κ2) is 17.2. The number of esters is 1. The van der Waals surface area contributed by atoms with Crippen LogP contribution >= 0.6 is 22.6 Å². The first-order valence-corrected chi connectivity index (χ1v) is 16.1. The standard InChI is InChI=1S/C34H36IN5O8/c1-5-45-27-15-22(31-30(33(42)44-4)20(3)38-34(43)39-31)11-12-26(27)47-19-29(41)40-37-17-21-13-25(35)32(28(14-21)46-6-2)48-18-24-10-8-7-9-23(24)16-36/h7-15,17,29,31,40-41H,5-6,18-19H2,1-4H3,(H2,38,39,43)/b37-17-/t29-,31-/m0/s1. The van der Waals surface area contributed by atoms with E-state index >= 15 is 0 Å². The van der Waals surface area contributed by atoms with Gasteiger partial charge in [-0.2, -0.15) is 10.4 Å². The molecule has 2 atom stereocenters. The van der Waals surface area contributed by atoms with E-state index in [2.05, 4.69) is 49.8 Å². The largest absolute Gasteiger partial charge is 0.490 e. The Labute approximate surface area is 292 Å². The highest BCUT2D eigenvalue weighted by Gasteiger charge is 2.32. The minimum absolute atomic E-state index is 0.175. The summed E-state index contributed by atoms with van der Waals surface area (Å²) in [5, 5.41) is 29.4. The van der Waals surface area contributed by atoms with E-state index < -0.39 is 24.3 Å². The van der Waals surface area contributed by atoms with E-state index in [1.54, 1.807) is 43.3 Å². The molecule has 1 aliphatic heterocycles. The lowest BCUT2D eigenvalue weighted by atomic mass is 9.95. The number of nitriles is 1. The summed E-state index contributed by atoms with van der Waals surface area (Å²) in [5.41, 5.74) is 5.87. The molecule has 3 aromatic carbocycles. The molecule has 0 saturated carbocycles. The molecule has 1 aliphatic rings. The number of hydrogen-bond donors (Lipinski definition) is 4. The third-order valence-electron chi connectivity index (χ3n) is 6.95. The number of hydrogen-bond acceptors (Lipinski definition) is 11. The maximum atomic E-state index is 12.5.